The van der Waals surface area contributed by atoms with Crippen LogP contribution in [0.5, 0.6) is 0 Å². The van der Waals surface area contributed by atoms with Gasteiger partial charge in [0.25, 0.3) is 0 Å². The Kier molecular flexibility index (Phi) is 4.44. The van der Waals surface area contributed by atoms with E-state index >= 15 is 0 Å². The number of rotatable bonds is 2. The van der Waals surface area contributed by atoms with Crippen LogP contribution in [0.2, 0.25) is 0 Å². The summed E-state index contributed by atoms with van der Waals surface area (Å²) in [4.78, 5) is 0. The van der Waals surface area contributed by atoms with Gasteiger partial charge in [-0.05, 0) is 0 Å². The number of halogens is 1. The Hall–Kier alpha value is -0.0357. The Morgan fingerprint density at radius 3 is 1.64 bits per heavy atom. The van der Waals surface area contributed by atoms with Crippen LogP contribution < -0.4 is 12.4 Å². The van der Waals surface area contributed by atoms with Gasteiger partial charge >= 0.3 is 89.0 Å². The summed E-state index contributed by atoms with van der Waals surface area (Å²) in [5, 5.41) is 0. The molecule has 0 saturated carbocycles. The van der Waals surface area contributed by atoms with Crippen molar-refractivity contribution in [3.63, 3.8) is 0 Å². The van der Waals surface area contributed by atoms with Crippen molar-refractivity contribution in [1.82, 2.24) is 0 Å². The van der Waals surface area contributed by atoms with Crippen molar-refractivity contribution in [2.45, 2.75) is 26.7 Å². The van der Waals surface area contributed by atoms with Gasteiger partial charge in [0, 0.05) is 0 Å². The van der Waals surface area contributed by atoms with Crippen LogP contribution in [0.25, 0.3) is 0 Å². The molecule has 0 N–H and O–H groups in total. The van der Waals surface area contributed by atoms with E-state index in [9.17, 15) is 0 Å². The summed E-state index contributed by atoms with van der Waals surface area (Å²) in [7, 11) is 0. The van der Waals surface area contributed by atoms with E-state index in [0.717, 1.165) is 0 Å². The summed E-state index contributed by atoms with van der Waals surface area (Å²) < 4.78 is 3.40. The van der Waals surface area contributed by atoms with Crippen LogP contribution in [0, 0.1) is 0 Å². The van der Waals surface area contributed by atoms with E-state index in [1.165, 1.54) is 24.0 Å². The molecule has 2 aliphatic rings. The van der Waals surface area contributed by atoms with Gasteiger partial charge in [-0.25, -0.2) is 0 Å². The molecular formula is C12H14ClTi. The van der Waals surface area contributed by atoms with Crippen molar-refractivity contribution in [2.75, 3.05) is 0 Å². The van der Waals surface area contributed by atoms with Crippen molar-refractivity contribution < 1.29 is 31.6 Å². The molecule has 0 spiro atoms. The number of hydrogen-bond acceptors (Lipinski definition) is 0. The van der Waals surface area contributed by atoms with E-state index in [-0.39, 0.29) is 31.6 Å². The zero-order valence-electron chi connectivity index (χ0n) is 8.60. The molecule has 0 amide bonds. The van der Waals surface area contributed by atoms with Gasteiger partial charge in [0.1, 0.15) is 0 Å². The van der Waals surface area contributed by atoms with Gasteiger partial charge in [-0.15, -0.1) is 0 Å². The predicted molar refractivity (Wildman–Crippen MR) is 52.9 cm³/mol. The van der Waals surface area contributed by atoms with E-state index < -0.39 is 0 Å². The molecule has 14 heavy (non-hydrogen) atoms. The molecule has 0 aromatic carbocycles. The number of allylic oxidation sites excluding steroid dienone is 8. The third kappa shape index (κ3) is 2.98. The molecule has 0 heterocycles. The fourth-order valence-corrected chi connectivity index (χ4v) is 3.93. The summed E-state index contributed by atoms with van der Waals surface area (Å²) >= 11 is 0.0450. The average molecular weight is 242 g/mol. The van der Waals surface area contributed by atoms with Crippen LogP contribution in [0.4, 0.5) is 0 Å². The van der Waals surface area contributed by atoms with Crippen molar-refractivity contribution in [3.8, 4) is 0 Å². The third-order valence-electron chi connectivity index (χ3n) is 2.41. The van der Waals surface area contributed by atoms with Crippen molar-refractivity contribution in [3.05, 3.63) is 43.2 Å². The maximum Gasteiger partial charge on any atom is -1.00 e. The smallest absolute Gasteiger partial charge is 1.00 e. The zero-order chi connectivity index (χ0) is 9.26. The first kappa shape index (κ1) is 12.0. The predicted octanol–water partition coefficient (Wildman–Crippen LogP) is 0.541. The van der Waals surface area contributed by atoms with Crippen LogP contribution in [0.1, 0.15) is 26.7 Å². The van der Waals surface area contributed by atoms with Crippen molar-refractivity contribution >= 4 is 0 Å². The van der Waals surface area contributed by atoms with Gasteiger partial charge in [0.05, 0.1) is 0 Å². The number of hydrogen-bond donors (Lipinski definition) is 0. The zero-order valence-corrected chi connectivity index (χ0v) is 10.9. The maximum absolute atomic E-state index is 2.38. The second-order valence-electron chi connectivity index (χ2n) is 3.77. The normalized spacial score (nSPS) is 19.0. The molecule has 0 aromatic heterocycles. The molecule has 0 aliphatic heterocycles. The molecule has 2 aliphatic carbocycles. The van der Waals surface area contributed by atoms with Gasteiger partial charge in [0.2, 0.25) is 0 Å². The monoisotopic (exact) mass is 241 g/mol. The molecule has 0 unspecified atom stereocenters. The molecular weight excluding hydrogens is 227 g/mol. The molecule has 2 rings (SSSR count). The first-order valence-electron chi connectivity index (χ1n) is 4.76. The summed E-state index contributed by atoms with van der Waals surface area (Å²) in [6, 6.07) is 0. The Labute approximate surface area is 101 Å². The minimum absolute atomic E-state index is 0. The largest absolute Gasteiger partial charge is 1.00 e. The Bertz CT molecular complexity index is 311. The molecule has 0 nitrogen and oxygen atoms in total. The van der Waals surface area contributed by atoms with Crippen LogP contribution in [-0.2, 0) is 19.2 Å². The SMILES string of the molecule is CC1=CC[C]([Ti+][C]2=CC(C)=CC2)=C1.[Cl-]. The minimum Gasteiger partial charge on any atom is -1.00 e. The molecule has 0 radical (unpaired) electrons. The van der Waals surface area contributed by atoms with Crippen LogP contribution >= 0.6 is 0 Å². The van der Waals surface area contributed by atoms with Gasteiger partial charge in [0.15, 0.2) is 0 Å². The molecule has 0 bridgehead atoms. The molecule has 0 saturated heterocycles. The van der Waals surface area contributed by atoms with Gasteiger partial charge in [-0.2, -0.15) is 0 Å². The van der Waals surface area contributed by atoms with E-state index in [1.54, 1.807) is 7.76 Å². The van der Waals surface area contributed by atoms with Gasteiger partial charge in [-0.3, -0.25) is 0 Å². The fraction of sp³-hybridized carbons (Fsp3) is 0.333. The second kappa shape index (κ2) is 5.16. The Morgan fingerprint density at radius 2 is 1.36 bits per heavy atom. The molecule has 0 aromatic rings. The Morgan fingerprint density at radius 1 is 0.929 bits per heavy atom. The summed E-state index contributed by atoms with van der Waals surface area (Å²) in [6.07, 6.45) is 11.9. The van der Waals surface area contributed by atoms with Crippen LogP contribution in [0.3, 0.4) is 0 Å². The van der Waals surface area contributed by atoms with E-state index in [4.69, 9.17) is 0 Å². The standard InChI is InChI=1S/2C6H7.ClH.Ti/c2*1-6-4-2-3-5-6;;/h2*4-5H,2H2,1H3;1H;/q;;;+1/p-1. The van der Waals surface area contributed by atoms with E-state index in [2.05, 4.69) is 38.2 Å². The summed E-state index contributed by atoms with van der Waals surface area (Å²) in [5.41, 5.74) is 2.92. The van der Waals surface area contributed by atoms with E-state index in [0.29, 0.717) is 0 Å². The van der Waals surface area contributed by atoms with Gasteiger partial charge < -0.3 is 12.4 Å². The molecule has 0 fully saturated rings. The average Bonchev–Trinajstić information content (AvgIpc) is 2.62. The topological polar surface area (TPSA) is 0 Å². The van der Waals surface area contributed by atoms with E-state index in [1.807, 2.05) is 0 Å². The maximum atomic E-state index is 2.38. The second-order valence-corrected chi connectivity index (χ2v) is 6.16. The van der Waals surface area contributed by atoms with Crippen molar-refractivity contribution in [1.29, 1.82) is 0 Å². The first-order valence-corrected chi connectivity index (χ1v) is 6.32. The summed E-state index contributed by atoms with van der Waals surface area (Å²) in [6.45, 7) is 4.40. The molecule has 2 heteroatoms. The summed E-state index contributed by atoms with van der Waals surface area (Å²) in [5.74, 6) is 0. The fourth-order valence-electron chi connectivity index (χ4n) is 1.71. The quantitative estimate of drug-likeness (QED) is 0.619. The Balaban J connectivity index is 0.000000980. The minimum atomic E-state index is 0. The first-order chi connectivity index (χ1) is 6.24. The molecule has 0 atom stereocenters. The van der Waals surface area contributed by atoms with Gasteiger partial charge in [-0.1, -0.05) is 0 Å². The third-order valence-corrected chi connectivity index (χ3v) is 4.50. The van der Waals surface area contributed by atoms with Crippen LogP contribution in [0.15, 0.2) is 43.2 Å². The van der Waals surface area contributed by atoms with Crippen molar-refractivity contribution in [2.24, 2.45) is 0 Å². The molecule has 73 valence electrons. The van der Waals surface area contributed by atoms with Crippen LogP contribution in [-0.4, -0.2) is 0 Å².